The smallest absolute Gasteiger partial charge is 0.309 e. The minimum absolute atomic E-state index is 0.0256. The molecule has 0 fully saturated rings. The molecule has 0 bridgehead atoms. The number of esters is 2. The number of likely N-dealkylation sites (N-methyl/N-ethyl adjacent to an activating group) is 1. The van der Waals surface area contributed by atoms with E-state index in [1.165, 1.54) is 6.92 Å². The van der Waals surface area contributed by atoms with Crippen molar-refractivity contribution in [2.45, 2.75) is 32.3 Å². The molecule has 0 aromatic carbocycles. The number of aliphatic carboxylic acids is 1. The number of carbonyl (C=O) groups is 3. The third kappa shape index (κ3) is 11.5. The van der Waals surface area contributed by atoms with Crippen molar-refractivity contribution in [3.63, 3.8) is 0 Å². The molecule has 0 aliphatic heterocycles. The van der Waals surface area contributed by atoms with E-state index in [4.69, 9.17) is 14.6 Å². The van der Waals surface area contributed by atoms with E-state index in [2.05, 4.69) is 0 Å². The molecular formula is C13H24NO6+. The fraction of sp³-hybridized carbons (Fsp3) is 0.769. The number of rotatable bonds is 9. The molecule has 0 saturated carbocycles. The molecule has 1 atom stereocenters. The number of carboxylic acids is 1. The topological polar surface area (TPSA) is 89.9 Å². The Kier molecular flexibility index (Phi) is 7.83. The van der Waals surface area contributed by atoms with E-state index in [-0.39, 0.29) is 25.9 Å². The minimum atomic E-state index is -0.927. The highest BCUT2D eigenvalue weighted by Crippen LogP contribution is 2.07. The molecule has 0 radical (unpaired) electrons. The summed E-state index contributed by atoms with van der Waals surface area (Å²) in [7, 11) is 5.78. The quantitative estimate of drug-likeness (QED) is 0.376. The Morgan fingerprint density at radius 3 is 2.25 bits per heavy atom. The first-order valence-electron chi connectivity index (χ1n) is 6.45. The number of hydrogen-bond donors (Lipinski definition) is 1. The maximum absolute atomic E-state index is 11.6. The lowest BCUT2D eigenvalue weighted by atomic mass is 10.2. The van der Waals surface area contributed by atoms with Gasteiger partial charge in [0.2, 0.25) is 0 Å². The van der Waals surface area contributed by atoms with Crippen LogP contribution in [0.4, 0.5) is 0 Å². The van der Waals surface area contributed by atoms with Gasteiger partial charge < -0.3 is 19.1 Å². The number of quaternary nitrogens is 1. The molecule has 7 heteroatoms. The van der Waals surface area contributed by atoms with Crippen LogP contribution in [-0.2, 0) is 23.9 Å². The Balaban J connectivity index is 4.18. The molecule has 0 aromatic rings. The van der Waals surface area contributed by atoms with Gasteiger partial charge in [0.15, 0.2) is 6.10 Å². The number of nitrogens with zero attached hydrogens (tertiary/aromatic N) is 1. The van der Waals surface area contributed by atoms with Gasteiger partial charge in [0.25, 0.3) is 0 Å². The van der Waals surface area contributed by atoms with Crippen molar-refractivity contribution >= 4 is 17.9 Å². The highest BCUT2D eigenvalue weighted by atomic mass is 16.6. The van der Waals surface area contributed by atoms with E-state index < -0.39 is 24.0 Å². The normalized spacial score (nSPS) is 12.6. The van der Waals surface area contributed by atoms with Crippen molar-refractivity contribution in [1.82, 2.24) is 0 Å². The first-order valence-corrected chi connectivity index (χ1v) is 6.45. The van der Waals surface area contributed by atoms with Gasteiger partial charge in [-0.25, -0.2) is 0 Å². The summed E-state index contributed by atoms with van der Waals surface area (Å²) >= 11 is 0. The van der Waals surface area contributed by atoms with Crippen LogP contribution in [0.15, 0.2) is 0 Å². The van der Waals surface area contributed by atoms with Gasteiger partial charge >= 0.3 is 17.9 Å². The summed E-state index contributed by atoms with van der Waals surface area (Å²) in [6, 6.07) is 0. The summed E-state index contributed by atoms with van der Waals surface area (Å²) < 4.78 is 10.6. The Morgan fingerprint density at radius 2 is 1.80 bits per heavy atom. The fourth-order valence-electron chi connectivity index (χ4n) is 1.64. The summed E-state index contributed by atoms with van der Waals surface area (Å²) in [6.07, 6.45) is -0.337. The molecule has 0 amide bonds. The molecule has 20 heavy (non-hydrogen) atoms. The maximum Gasteiger partial charge on any atom is 0.309 e. The second-order valence-electron chi connectivity index (χ2n) is 5.63. The van der Waals surface area contributed by atoms with E-state index >= 15 is 0 Å². The van der Waals surface area contributed by atoms with E-state index in [9.17, 15) is 14.4 Å². The molecule has 116 valence electrons. The summed E-state index contributed by atoms with van der Waals surface area (Å²) in [4.78, 5) is 32.9. The van der Waals surface area contributed by atoms with Crippen molar-refractivity contribution in [2.24, 2.45) is 0 Å². The average Bonchev–Trinajstić information content (AvgIpc) is 2.20. The highest BCUT2D eigenvalue weighted by Gasteiger charge is 2.24. The number of ether oxygens (including phenoxy) is 2. The Bertz CT molecular complexity index is 347. The van der Waals surface area contributed by atoms with Crippen LogP contribution in [0.5, 0.6) is 0 Å². The van der Waals surface area contributed by atoms with Crippen molar-refractivity contribution in [2.75, 3.05) is 34.3 Å². The maximum atomic E-state index is 11.6. The fourth-order valence-corrected chi connectivity index (χ4v) is 1.64. The molecule has 0 aliphatic rings. The standard InChI is InChI=1S/C13H23NO6/c1-10(15)20-11(9-14(2,3)4)8-13(18)19-7-5-6-12(16)17/h11H,5-9H2,1-4H3/p+1/t11-/m1/s1. The summed E-state index contributed by atoms with van der Waals surface area (Å²) in [5, 5.41) is 8.45. The van der Waals surface area contributed by atoms with Gasteiger partial charge in [-0.2, -0.15) is 0 Å². The lowest BCUT2D eigenvalue weighted by Crippen LogP contribution is -2.43. The van der Waals surface area contributed by atoms with Gasteiger partial charge in [0.1, 0.15) is 6.54 Å². The number of hydrogen-bond acceptors (Lipinski definition) is 5. The largest absolute Gasteiger partial charge is 0.481 e. The van der Waals surface area contributed by atoms with Crippen LogP contribution in [0.1, 0.15) is 26.2 Å². The average molecular weight is 290 g/mol. The molecule has 0 heterocycles. The van der Waals surface area contributed by atoms with E-state index in [1.807, 2.05) is 21.1 Å². The molecule has 0 aliphatic carbocycles. The zero-order chi connectivity index (χ0) is 15.8. The van der Waals surface area contributed by atoms with Gasteiger partial charge in [-0.1, -0.05) is 0 Å². The predicted molar refractivity (Wildman–Crippen MR) is 70.9 cm³/mol. The van der Waals surface area contributed by atoms with Crippen LogP contribution < -0.4 is 0 Å². The second-order valence-corrected chi connectivity index (χ2v) is 5.63. The van der Waals surface area contributed by atoms with E-state index in [0.717, 1.165) is 0 Å². The van der Waals surface area contributed by atoms with Crippen molar-refractivity contribution in [3.8, 4) is 0 Å². The lowest BCUT2D eigenvalue weighted by molar-refractivity contribution is -0.873. The van der Waals surface area contributed by atoms with Gasteiger partial charge in [0.05, 0.1) is 34.2 Å². The first-order chi connectivity index (χ1) is 9.10. The van der Waals surface area contributed by atoms with Crippen LogP contribution >= 0.6 is 0 Å². The Labute approximate surface area is 119 Å². The lowest BCUT2D eigenvalue weighted by Gasteiger charge is -2.28. The summed E-state index contributed by atoms with van der Waals surface area (Å²) in [5.41, 5.74) is 0. The van der Waals surface area contributed by atoms with E-state index in [1.54, 1.807) is 0 Å². The molecule has 0 saturated heterocycles. The van der Waals surface area contributed by atoms with Crippen molar-refractivity contribution in [1.29, 1.82) is 0 Å². The molecule has 0 aromatic heterocycles. The molecule has 0 unspecified atom stereocenters. The van der Waals surface area contributed by atoms with Crippen LogP contribution in [0, 0.1) is 0 Å². The highest BCUT2D eigenvalue weighted by molar-refractivity contribution is 5.71. The molecule has 0 rings (SSSR count). The predicted octanol–water partition coefficient (Wildman–Crippen LogP) is 0.422. The third-order valence-corrected chi connectivity index (χ3v) is 2.28. The summed E-state index contributed by atoms with van der Waals surface area (Å²) in [5.74, 6) is -1.86. The monoisotopic (exact) mass is 290 g/mol. The van der Waals surface area contributed by atoms with E-state index in [0.29, 0.717) is 11.0 Å². The third-order valence-electron chi connectivity index (χ3n) is 2.28. The van der Waals surface area contributed by atoms with Crippen LogP contribution in [0.25, 0.3) is 0 Å². The van der Waals surface area contributed by atoms with Gasteiger partial charge in [0, 0.05) is 13.3 Å². The number of carboxylic acid groups (broad SMARTS) is 1. The van der Waals surface area contributed by atoms with Crippen molar-refractivity contribution < 1.29 is 33.4 Å². The van der Waals surface area contributed by atoms with Crippen LogP contribution in [-0.4, -0.2) is 67.9 Å². The number of carbonyl (C=O) groups excluding carboxylic acids is 2. The molecular weight excluding hydrogens is 266 g/mol. The SMILES string of the molecule is CC(=O)O[C@H](CC(=O)OCCCC(=O)O)C[N+](C)(C)C. The van der Waals surface area contributed by atoms with Gasteiger partial charge in [-0.3, -0.25) is 14.4 Å². The zero-order valence-corrected chi connectivity index (χ0v) is 12.5. The van der Waals surface area contributed by atoms with Crippen LogP contribution in [0.3, 0.4) is 0 Å². The minimum Gasteiger partial charge on any atom is -0.481 e. The van der Waals surface area contributed by atoms with Gasteiger partial charge in [-0.05, 0) is 6.42 Å². The summed E-state index contributed by atoms with van der Waals surface area (Å²) in [6.45, 7) is 1.84. The second kappa shape index (κ2) is 8.52. The zero-order valence-electron chi connectivity index (χ0n) is 12.5. The Hall–Kier alpha value is -1.63. The van der Waals surface area contributed by atoms with Crippen LogP contribution in [0.2, 0.25) is 0 Å². The van der Waals surface area contributed by atoms with Crippen molar-refractivity contribution in [3.05, 3.63) is 0 Å². The van der Waals surface area contributed by atoms with Gasteiger partial charge in [-0.15, -0.1) is 0 Å². The molecule has 1 N–H and O–H groups in total. The molecule has 7 nitrogen and oxygen atoms in total. The molecule has 0 spiro atoms. The Morgan fingerprint density at radius 1 is 1.20 bits per heavy atom. The first kappa shape index (κ1) is 18.4.